The highest BCUT2D eigenvalue weighted by Crippen LogP contribution is 2.24. The molecule has 4 heteroatoms. The predicted octanol–water partition coefficient (Wildman–Crippen LogP) is 3.21. The lowest BCUT2D eigenvalue weighted by Gasteiger charge is -2.35. The van der Waals surface area contributed by atoms with Crippen molar-refractivity contribution in [1.29, 1.82) is 0 Å². The van der Waals surface area contributed by atoms with Crippen LogP contribution in [0, 0.1) is 0 Å². The van der Waals surface area contributed by atoms with Gasteiger partial charge in [-0.1, -0.05) is 31.2 Å². The first-order valence-electron chi connectivity index (χ1n) is 9.25. The van der Waals surface area contributed by atoms with Crippen molar-refractivity contribution in [1.82, 2.24) is 10.2 Å². The number of hydrogen-bond acceptors (Lipinski definition) is 4. The van der Waals surface area contributed by atoms with E-state index in [4.69, 9.17) is 4.74 Å². The zero-order valence-corrected chi connectivity index (χ0v) is 15.5. The van der Waals surface area contributed by atoms with Crippen molar-refractivity contribution in [3.63, 3.8) is 0 Å². The summed E-state index contributed by atoms with van der Waals surface area (Å²) < 4.78 is 5.35. The second kappa shape index (κ2) is 9.19. The molecule has 1 saturated heterocycles. The molecule has 134 valence electrons. The van der Waals surface area contributed by atoms with Gasteiger partial charge in [0.15, 0.2) is 0 Å². The molecule has 0 aromatic rings. The van der Waals surface area contributed by atoms with Crippen LogP contribution in [0.4, 0.5) is 0 Å². The Morgan fingerprint density at radius 1 is 1.17 bits per heavy atom. The smallest absolute Gasteiger partial charge is 0.338 e. The molecule has 0 saturated carbocycles. The van der Waals surface area contributed by atoms with E-state index in [1.54, 1.807) is 0 Å². The summed E-state index contributed by atoms with van der Waals surface area (Å²) in [6.07, 6.45) is 11.0. The number of piperazine rings is 1. The Kier molecular flexibility index (Phi) is 7.25. The van der Waals surface area contributed by atoms with E-state index in [-0.39, 0.29) is 12.1 Å². The molecule has 0 amide bonds. The zero-order chi connectivity index (χ0) is 17.5. The minimum absolute atomic E-state index is 0.0363. The summed E-state index contributed by atoms with van der Waals surface area (Å²) in [5, 5.41) is 3.56. The fourth-order valence-corrected chi connectivity index (χ4v) is 3.51. The first kappa shape index (κ1) is 18.9. The molecule has 4 nitrogen and oxygen atoms in total. The number of nitrogens with zero attached hydrogens (tertiary/aromatic N) is 1. The molecule has 0 spiro atoms. The predicted molar refractivity (Wildman–Crippen MR) is 98.9 cm³/mol. The second-order valence-corrected chi connectivity index (χ2v) is 7.09. The first-order chi connectivity index (χ1) is 11.5. The second-order valence-electron chi connectivity index (χ2n) is 7.09. The number of hydrogen-bond donors (Lipinski definition) is 1. The molecule has 1 fully saturated rings. The number of rotatable bonds is 6. The maximum atomic E-state index is 12.1. The van der Waals surface area contributed by atoms with Crippen molar-refractivity contribution < 1.29 is 9.53 Å². The number of carbonyl (C=O) groups is 1. The average Bonchev–Trinajstić information content (AvgIpc) is 2.49. The quantitative estimate of drug-likeness (QED) is 0.758. The van der Waals surface area contributed by atoms with E-state index >= 15 is 0 Å². The third kappa shape index (κ3) is 5.60. The Balaban J connectivity index is 1.95. The highest BCUT2D eigenvalue weighted by molar-refractivity contribution is 5.94. The lowest BCUT2D eigenvalue weighted by atomic mass is 9.98. The molecule has 3 unspecified atom stereocenters. The van der Waals surface area contributed by atoms with Gasteiger partial charge >= 0.3 is 5.97 Å². The fourth-order valence-electron chi connectivity index (χ4n) is 3.51. The monoisotopic (exact) mass is 332 g/mol. The standard InChI is InChI=1S/C20H32N2O2/c1-5-6-10-19-18(12-17(4)24-20(19)23)9-7-8-11-22-13-15(2)21-16(3)14-22/h6-7,9-10,15-17,21H,5,8,11-14H2,1-4H3. The van der Waals surface area contributed by atoms with Crippen LogP contribution in [0.5, 0.6) is 0 Å². The lowest BCUT2D eigenvalue weighted by molar-refractivity contribution is -0.144. The molecule has 2 aliphatic heterocycles. The van der Waals surface area contributed by atoms with Gasteiger partial charge in [0.05, 0.1) is 5.57 Å². The van der Waals surface area contributed by atoms with Crippen LogP contribution < -0.4 is 5.32 Å². The number of nitrogens with one attached hydrogen (secondary N) is 1. The first-order valence-corrected chi connectivity index (χ1v) is 9.25. The maximum absolute atomic E-state index is 12.1. The van der Waals surface area contributed by atoms with Crippen molar-refractivity contribution in [2.45, 2.75) is 65.1 Å². The Bertz CT molecular complexity index is 512. The highest BCUT2D eigenvalue weighted by Gasteiger charge is 2.23. The van der Waals surface area contributed by atoms with Gasteiger partial charge in [-0.3, -0.25) is 4.90 Å². The van der Waals surface area contributed by atoms with Crippen LogP contribution in [-0.4, -0.2) is 48.7 Å². The summed E-state index contributed by atoms with van der Waals surface area (Å²) in [6.45, 7) is 11.8. The molecule has 2 heterocycles. The van der Waals surface area contributed by atoms with Crippen LogP contribution in [0.2, 0.25) is 0 Å². The lowest BCUT2D eigenvalue weighted by Crippen LogP contribution is -2.54. The summed E-state index contributed by atoms with van der Waals surface area (Å²) >= 11 is 0. The molecule has 0 aromatic heterocycles. The number of esters is 1. The van der Waals surface area contributed by atoms with Crippen LogP contribution in [-0.2, 0) is 9.53 Å². The molecule has 2 rings (SSSR count). The van der Waals surface area contributed by atoms with E-state index in [2.05, 4.69) is 43.1 Å². The number of carbonyl (C=O) groups excluding carboxylic acids is 1. The molecular weight excluding hydrogens is 300 g/mol. The molecule has 2 aliphatic rings. The van der Waals surface area contributed by atoms with Crippen molar-refractivity contribution in [2.24, 2.45) is 0 Å². The van der Waals surface area contributed by atoms with Gasteiger partial charge in [0, 0.05) is 38.1 Å². The largest absolute Gasteiger partial charge is 0.459 e. The topological polar surface area (TPSA) is 41.6 Å². The third-order valence-corrected chi connectivity index (χ3v) is 4.47. The Morgan fingerprint density at radius 3 is 2.54 bits per heavy atom. The van der Waals surface area contributed by atoms with E-state index in [0.717, 1.165) is 50.0 Å². The Morgan fingerprint density at radius 2 is 1.88 bits per heavy atom. The van der Waals surface area contributed by atoms with Gasteiger partial charge in [-0.05, 0) is 39.2 Å². The SMILES string of the molecule is CCC=CC1=C(C=CCCN2CC(C)NC(C)C2)CC(C)OC1=O. The molecular formula is C20H32N2O2. The van der Waals surface area contributed by atoms with Gasteiger partial charge in [-0.25, -0.2) is 4.79 Å². The van der Waals surface area contributed by atoms with Crippen LogP contribution >= 0.6 is 0 Å². The van der Waals surface area contributed by atoms with Crippen LogP contribution in [0.15, 0.2) is 35.5 Å². The van der Waals surface area contributed by atoms with E-state index in [9.17, 15) is 4.79 Å². The highest BCUT2D eigenvalue weighted by atomic mass is 16.5. The molecule has 1 N–H and O–H groups in total. The van der Waals surface area contributed by atoms with E-state index in [1.165, 1.54) is 0 Å². The summed E-state index contributed by atoms with van der Waals surface area (Å²) in [5.41, 5.74) is 1.82. The van der Waals surface area contributed by atoms with Gasteiger partial charge in [-0.2, -0.15) is 0 Å². The number of cyclic esters (lactones) is 1. The van der Waals surface area contributed by atoms with Crippen molar-refractivity contribution in [3.8, 4) is 0 Å². The molecule has 0 aromatic carbocycles. The summed E-state index contributed by atoms with van der Waals surface area (Å²) in [7, 11) is 0. The number of allylic oxidation sites excluding steroid dienone is 2. The normalized spacial score (nSPS) is 29.7. The van der Waals surface area contributed by atoms with E-state index in [1.807, 2.05) is 19.1 Å². The fraction of sp³-hybridized carbons (Fsp3) is 0.650. The van der Waals surface area contributed by atoms with Crippen LogP contribution in [0.1, 0.15) is 47.0 Å². The minimum Gasteiger partial charge on any atom is -0.459 e. The Labute approximate surface area is 146 Å². The molecule has 0 aliphatic carbocycles. The van der Waals surface area contributed by atoms with Crippen LogP contribution in [0.25, 0.3) is 0 Å². The van der Waals surface area contributed by atoms with Gasteiger partial charge in [0.2, 0.25) is 0 Å². The van der Waals surface area contributed by atoms with Crippen LogP contribution in [0.3, 0.4) is 0 Å². The average molecular weight is 332 g/mol. The van der Waals surface area contributed by atoms with E-state index < -0.39 is 0 Å². The summed E-state index contributed by atoms with van der Waals surface area (Å²) in [5.74, 6) is -0.192. The summed E-state index contributed by atoms with van der Waals surface area (Å²) in [4.78, 5) is 14.6. The third-order valence-electron chi connectivity index (χ3n) is 4.47. The molecule has 0 bridgehead atoms. The van der Waals surface area contributed by atoms with Gasteiger partial charge < -0.3 is 10.1 Å². The minimum atomic E-state index is -0.192. The van der Waals surface area contributed by atoms with Gasteiger partial charge in [-0.15, -0.1) is 0 Å². The zero-order valence-electron chi connectivity index (χ0n) is 15.5. The van der Waals surface area contributed by atoms with Crippen molar-refractivity contribution in [3.05, 3.63) is 35.5 Å². The Hall–Kier alpha value is -1.39. The molecule has 0 radical (unpaired) electrons. The van der Waals surface area contributed by atoms with Gasteiger partial charge in [0.1, 0.15) is 6.10 Å². The maximum Gasteiger partial charge on any atom is 0.338 e. The van der Waals surface area contributed by atoms with Crippen molar-refractivity contribution in [2.75, 3.05) is 19.6 Å². The molecule has 3 atom stereocenters. The summed E-state index contributed by atoms with van der Waals surface area (Å²) in [6, 6.07) is 1.11. The number of ether oxygens (including phenoxy) is 1. The van der Waals surface area contributed by atoms with Gasteiger partial charge in [0.25, 0.3) is 0 Å². The molecule has 24 heavy (non-hydrogen) atoms. The van der Waals surface area contributed by atoms with Crippen molar-refractivity contribution >= 4 is 5.97 Å². The van der Waals surface area contributed by atoms with E-state index in [0.29, 0.717) is 12.1 Å².